The first-order valence-corrected chi connectivity index (χ1v) is 16.4. The highest BCUT2D eigenvalue weighted by Gasteiger charge is 2.45. The molecule has 2 aromatic heterocycles. The number of anilines is 1. The Morgan fingerprint density at radius 3 is 2.64 bits per heavy atom. The normalized spacial score (nSPS) is 21.9. The van der Waals surface area contributed by atoms with Crippen molar-refractivity contribution in [3.05, 3.63) is 53.2 Å². The lowest BCUT2D eigenvalue weighted by atomic mass is 9.95. The van der Waals surface area contributed by atoms with Gasteiger partial charge in [0.15, 0.2) is 5.82 Å². The molecule has 2 aromatic carbocycles. The number of fused-ring (bicyclic) bond motifs is 4. The Kier molecular flexibility index (Phi) is 7.83. The zero-order valence-electron chi connectivity index (χ0n) is 26.3. The summed E-state index contributed by atoms with van der Waals surface area (Å²) in [5, 5.41) is 5.41. The Morgan fingerprint density at radius 1 is 1.07 bits per heavy atom. The summed E-state index contributed by atoms with van der Waals surface area (Å²) >= 11 is 0. The molecule has 2 atom stereocenters. The van der Waals surface area contributed by atoms with Crippen LogP contribution < -0.4 is 15.0 Å². The van der Waals surface area contributed by atoms with E-state index in [9.17, 15) is 4.39 Å². The minimum absolute atomic E-state index is 0.00426. The lowest BCUT2D eigenvalue weighted by molar-refractivity contribution is 0.108. The molecule has 2 unspecified atom stereocenters. The quantitative estimate of drug-likeness (QED) is 0.274. The molecule has 0 amide bonds. The van der Waals surface area contributed by atoms with Gasteiger partial charge in [-0.1, -0.05) is 44.0 Å². The summed E-state index contributed by atoms with van der Waals surface area (Å²) in [5.74, 6) is 2.07. The Morgan fingerprint density at radius 2 is 1.87 bits per heavy atom. The van der Waals surface area contributed by atoms with E-state index in [1.54, 1.807) is 12.1 Å². The third-order valence-electron chi connectivity index (χ3n) is 10.1. The van der Waals surface area contributed by atoms with Crippen molar-refractivity contribution in [2.24, 2.45) is 0 Å². The third-order valence-corrected chi connectivity index (χ3v) is 10.1. The number of hydrogen-bond acceptors (Lipinski definition) is 7. The van der Waals surface area contributed by atoms with E-state index in [1.807, 2.05) is 26.0 Å². The van der Waals surface area contributed by atoms with Crippen molar-refractivity contribution < 1.29 is 13.5 Å². The van der Waals surface area contributed by atoms with Crippen molar-refractivity contribution in [3.8, 4) is 29.6 Å². The fraction of sp³-hybridized carbons (Fsp3) is 0.472. The van der Waals surface area contributed by atoms with Crippen molar-refractivity contribution in [2.75, 3.05) is 37.7 Å². The van der Waals surface area contributed by atoms with Gasteiger partial charge < -0.3 is 15.0 Å². The van der Waals surface area contributed by atoms with Crippen molar-refractivity contribution in [1.82, 2.24) is 25.2 Å². The number of nitrogens with one attached hydrogen (secondary N) is 1. The number of rotatable bonds is 4. The van der Waals surface area contributed by atoms with Crippen molar-refractivity contribution in [1.29, 1.82) is 0 Å². The SMILES string of the molecule is C#Cc1c(F)ccc2cccc(-c3nc4c5c(nc(OCC67CCCN6CCC7)nc5c3F)N3CC(C)NCC3CC4)c12.CC. The summed E-state index contributed by atoms with van der Waals surface area (Å²) in [5.41, 5.74) is 1.60. The Balaban J connectivity index is 0.00000160. The number of hydrogen-bond donors (Lipinski definition) is 1. The molecule has 9 heteroatoms. The molecule has 6 heterocycles. The molecule has 1 N–H and O–H groups in total. The number of benzene rings is 2. The van der Waals surface area contributed by atoms with E-state index in [2.05, 4.69) is 28.0 Å². The highest BCUT2D eigenvalue weighted by atomic mass is 19.1. The largest absolute Gasteiger partial charge is 0.461 e. The number of halogens is 2. The third kappa shape index (κ3) is 4.90. The monoisotopic (exact) mass is 610 g/mol. The summed E-state index contributed by atoms with van der Waals surface area (Å²) in [6.45, 7) is 10.4. The minimum atomic E-state index is -0.574. The number of piperazine rings is 1. The van der Waals surface area contributed by atoms with Crippen molar-refractivity contribution >= 4 is 27.5 Å². The average molecular weight is 611 g/mol. The van der Waals surface area contributed by atoms with E-state index in [1.165, 1.54) is 6.07 Å². The van der Waals surface area contributed by atoms with Gasteiger partial charge >= 0.3 is 6.01 Å². The first-order chi connectivity index (χ1) is 22.0. The van der Waals surface area contributed by atoms with E-state index in [4.69, 9.17) is 26.1 Å². The molecule has 0 aliphatic carbocycles. The second kappa shape index (κ2) is 11.8. The molecule has 4 aliphatic heterocycles. The molecule has 0 spiro atoms. The fourth-order valence-corrected chi connectivity index (χ4v) is 7.97. The lowest BCUT2D eigenvalue weighted by Gasteiger charge is -2.39. The molecule has 3 fully saturated rings. The first kappa shape index (κ1) is 29.8. The zero-order valence-corrected chi connectivity index (χ0v) is 26.3. The summed E-state index contributed by atoms with van der Waals surface area (Å²) in [6, 6.07) is 9.06. The van der Waals surface area contributed by atoms with Crippen LogP contribution in [-0.2, 0) is 6.42 Å². The summed E-state index contributed by atoms with van der Waals surface area (Å²) < 4.78 is 38.2. The van der Waals surface area contributed by atoms with Crippen molar-refractivity contribution in [3.63, 3.8) is 0 Å². The van der Waals surface area contributed by atoms with Crippen LogP contribution in [0.3, 0.4) is 0 Å². The zero-order chi connectivity index (χ0) is 31.3. The maximum atomic E-state index is 16.9. The molecular formula is C36H40F2N6O. The van der Waals surface area contributed by atoms with Gasteiger partial charge in [-0.05, 0) is 70.0 Å². The summed E-state index contributed by atoms with van der Waals surface area (Å²) in [4.78, 5) is 19.5. The molecule has 4 aromatic rings. The molecule has 0 bridgehead atoms. The maximum absolute atomic E-state index is 16.9. The lowest BCUT2D eigenvalue weighted by Crippen LogP contribution is -2.55. The maximum Gasteiger partial charge on any atom is 0.319 e. The molecule has 8 rings (SSSR count). The predicted molar refractivity (Wildman–Crippen MR) is 175 cm³/mol. The van der Waals surface area contributed by atoms with Crippen LogP contribution in [-0.4, -0.2) is 70.3 Å². The van der Waals surface area contributed by atoms with Crippen LogP contribution in [0.1, 0.15) is 64.1 Å². The number of nitrogens with zero attached hydrogens (tertiary/aromatic N) is 5. The standard InChI is InChI=1S/C34H34F2N6O.C2H6/c1-3-23-25(35)11-9-21-7-4-8-24(27(21)23)30-29(36)31-28-26(38-30)12-10-22-17-37-20(2)18-42(22)32(28)40-33(39-31)43-19-34-13-5-15-41(34)16-6-14-34;1-2/h1,4,7-9,11,20,22,37H,5-6,10,12-19H2,2H3;1-2H3. The number of ether oxygens (including phenoxy) is 1. The molecular weight excluding hydrogens is 570 g/mol. The van der Waals surface area contributed by atoms with E-state index < -0.39 is 11.6 Å². The van der Waals surface area contributed by atoms with Crippen LogP contribution in [0.25, 0.3) is 32.9 Å². The molecule has 7 nitrogen and oxygen atoms in total. The topological polar surface area (TPSA) is 66.4 Å². The van der Waals surface area contributed by atoms with Crippen molar-refractivity contribution in [2.45, 2.75) is 76.9 Å². The second-order valence-corrected chi connectivity index (χ2v) is 12.6. The molecule has 3 saturated heterocycles. The van der Waals surface area contributed by atoms with Crippen LogP contribution in [0.4, 0.5) is 14.6 Å². The van der Waals surface area contributed by atoms with Gasteiger partial charge in [-0.2, -0.15) is 9.97 Å². The predicted octanol–water partition coefficient (Wildman–Crippen LogP) is 6.25. The summed E-state index contributed by atoms with van der Waals surface area (Å²) in [7, 11) is 0. The van der Waals surface area contributed by atoms with Crippen LogP contribution in [0.15, 0.2) is 30.3 Å². The first-order valence-electron chi connectivity index (χ1n) is 16.4. The molecule has 0 radical (unpaired) electrons. The van der Waals surface area contributed by atoms with E-state index in [-0.39, 0.29) is 40.4 Å². The number of aromatic nitrogens is 3. The highest BCUT2D eigenvalue weighted by Crippen LogP contribution is 2.42. The van der Waals surface area contributed by atoms with Crippen LogP contribution >= 0.6 is 0 Å². The number of pyridine rings is 1. The number of aryl methyl sites for hydroxylation is 1. The Bertz CT molecular complexity index is 1810. The van der Waals surface area contributed by atoms with Gasteiger partial charge in [-0.15, -0.1) is 6.42 Å². The highest BCUT2D eigenvalue weighted by molar-refractivity contribution is 6.02. The smallest absolute Gasteiger partial charge is 0.319 e. The molecule has 234 valence electrons. The molecule has 45 heavy (non-hydrogen) atoms. The van der Waals surface area contributed by atoms with Gasteiger partial charge in [0.05, 0.1) is 22.2 Å². The van der Waals surface area contributed by atoms with E-state index in [0.29, 0.717) is 35.2 Å². The molecule has 0 saturated carbocycles. The van der Waals surface area contributed by atoms with Crippen LogP contribution in [0, 0.1) is 24.0 Å². The van der Waals surface area contributed by atoms with Gasteiger partial charge in [0.25, 0.3) is 0 Å². The van der Waals surface area contributed by atoms with E-state index in [0.717, 1.165) is 69.4 Å². The van der Waals surface area contributed by atoms with Gasteiger partial charge in [0.2, 0.25) is 0 Å². The Labute approximate surface area is 263 Å². The Hall–Kier alpha value is -3.87. The van der Waals surface area contributed by atoms with Crippen LogP contribution in [0.2, 0.25) is 0 Å². The number of terminal acetylenes is 1. The fourth-order valence-electron chi connectivity index (χ4n) is 7.97. The average Bonchev–Trinajstić information content (AvgIpc) is 3.61. The second-order valence-electron chi connectivity index (χ2n) is 12.6. The van der Waals surface area contributed by atoms with Gasteiger partial charge in [0.1, 0.15) is 29.5 Å². The van der Waals surface area contributed by atoms with Gasteiger partial charge in [0, 0.05) is 36.1 Å². The summed E-state index contributed by atoms with van der Waals surface area (Å²) in [6.07, 6.45) is 11.7. The molecule has 4 aliphatic rings. The minimum Gasteiger partial charge on any atom is -0.461 e. The van der Waals surface area contributed by atoms with E-state index >= 15 is 4.39 Å². The van der Waals surface area contributed by atoms with Gasteiger partial charge in [-0.25, -0.2) is 13.8 Å². The van der Waals surface area contributed by atoms with Gasteiger partial charge in [-0.3, -0.25) is 4.90 Å². The van der Waals surface area contributed by atoms with Crippen LogP contribution in [0.5, 0.6) is 6.01 Å².